The van der Waals surface area contributed by atoms with Gasteiger partial charge in [0.25, 0.3) is 0 Å². The minimum Gasteiger partial charge on any atom is -0.307 e. The lowest BCUT2D eigenvalue weighted by atomic mass is 10.0. The van der Waals surface area contributed by atoms with Crippen molar-refractivity contribution >= 4 is 0 Å². The molecule has 0 fully saturated rings. The number of hydrogen-bond acceptors (Lipinski definition) is 2. The second-order valence-electron chi connectivity index (χ2n) is 2.82. The molecule has 1 N–H and O–H groups in total. The molecule has 1 aliphatic heterocycles. The van der Waals surface area contributed by atoms with Crippen molar-refractivity contribution < 1.29 is 8.78 Å². The second kappa shape index (κ2) is 2.48. The average molecular weight is 170 g/mol. The van der Waals surface area contributed by atoms with Crippen LogP contribution in [0.2, 0.25) is 0 Å². The summed E-state index contributed by atoms with van der Waals surface area (Å²) in [6, 6.07) is 3.34. The van der Waals surface area contributed by atoms with Crippen LogP contribution in [0, 0.1) is 0 Å². The van der Waals surface area contributed by atoms with E-state index >= 15 is 0 Å². The van der Waals surface area contributed by atoms with Crippen LogP contribution >= 0.6 is 0 Å². The highest BCUT2D eigenvalue weighted by molar-refractivity contribution is 5.26. The van der Waals surface area contributed by atoms with Gasteiger partial charge in [-0.05, 0) is 11.6 Å². The van der Waals surface area contributed by atoms with E-state index in [1.807, 2.05) is 0 Å². The van der Waals surface area contributed by atoms with Gasteiger partial charge in [0.2, 0.25) is 0 Å². The van der Waals surface area contributed by atoms with Crippen LogP contribution in [0.3, 0.4) is 0 Å². The van der Waals surface area contributed by atoms with Gasteiger partial charge >= 0.3 is 5.92 Å². The average Bonchev–Trinajstić information content (AvgIpc) is 2.04. The molecule has 1 aromatic rings. The standard InChI is InChI=1S/C8H8F2N2/c9-8(10)5-11-4-6-2-1-3-12-7(6)8/h1-3,11H,4-5H2. The van der Waals surface area contributed by atoms with E-state index in [2.05, 4.69) is 10.3 Å². The van der Waals surface area contributed by atoms with Gasteiger partial charge in [0.05, 0.1) is 6.54 Å². The van der Waals surface area contributed by atoms with Gasteiger partial charge in [-0.3, -0.25) is 4.98 Å². The number of rotatable bonds is 0. The number of alkyl halides is 2. The van der Waals surface area contributed by atoms with Crippen LogP contribution in [0.5, 0.6) is 0 Å². The Morgan fingerprint density at radius 2 is 2.33 bits per heavy atom. The predicted molar refractivity (Wildman–Crippen MR) is 39.8 cm³/mol. The molecule has 0 unspecified atom stereocenters. The summed E-state index contributed by atoms with van der Waals surface area (Å²) >= 11 is 0. The van der Waals surface area contributed by atoms with E-state index in [1.54, 1.807) is 12.1 Å². The summed E-state index contributed by atoms with van der Waals surface area (Å²) in [6.45, 7) is 0.176. The Balaban J connectivity index is 2.52. The van der Waals surface area contributed by atoms with Crippen molar-refractivity contribution in [1.82, 2.24) is 10.3 Å². The van der Waals surface area contributed by atoms with Crippen molar-refractivity contribution in [1.29, 1.82) is 0 Å². The Morgan fingerprint density at radius 3 is 3.08 bits per heavy atom. The highest BCUT2D eigenvalue weighted by Gasteiger charge is 2.37. The Morgan fingerprint density at radius 1 is 1.50 bits per heavy atom. The second-order valence-corrected chi connectivity index (χ2v) is 2.82. The molecule has 12 heavy (non-hydrogen) atoms. The van der Waals surface area contributed by atoms with Crippen molar-refractivity contribution in [3.8, 4) is 0 Å². The van der Waals surface area contributed by atoms with Crippen molar-refractivity contribution in [3.63, 3.8) is 0 Å². The Hall–Kier alpha value is -1.03. The van der Waals surface area contributed by atoms with E-state index in [4.69, 9.17) is 0 Å². The lowest BCUT2D eigenvalue weighted by Crippen LogP contribution is -2.37. The quantitative estimate of drug-likeness (QED) is 0.634. The van der Waals surface area contributed by atoms with Gasteiger partial charge in [0, 0.05) is 12.7 Å². The zero-order valence-corrected chi connectivity index (χ0v) is 6.35. The molecule has 64 valence electrons. The number of nitrogens with zero attached hydrogens (tertiary/aromatic N) is 1. The molecule has 2 heterocycles. The van der Waals surface area contributed by atoms with Gasteiger partial charge in [0.1, 0.15) is 5.69 Å². The monoisotopic (exact) mass is 170 g/mol. The largest absolute Gasteiger partial charge is 0.307 e. The van der Waals surface area contributed by atoms with Crippen molar-refractivity contribution in [2.24, 2.45) is 0 Å². The number of aromatic nitrogens is 1. The molecule has 2 rings (SSSR count). The van der Waals surface area contributed by atoms with Crippen LogP contribution in [0.15, 0.2) is 18.3 Å². The maximum atomic E-state index is 13.1. The highest BCUT2D eigenvalue weighted by Crippen LogP contribution is 2.30. The number of pyridine rings is 1. The van der Waals surface area contributed by atoms with Crippen LogP contribution in [0.25, 0.3) is 0 Å². The third kappa shape index (κ3) is 1.08. The number of halogens is 2. The van der Waals surface area contributed by atoms with Crippen LogP contribution in [-0.4, -0.2) is 11.5 Å². The topological polar surface area (TPSA) is 24.9 Å². The molecular formula is C8H8F2N2. The molecular weight excluding hydrogens is 162 g/mol. The van der Waals surface area contributed by atoms with E-state index in [0.717, 1.165) is 0 Å². The first-order chi connectivity index (χ1) is 5.70. The van der Waals surface area contributed by atoms with Gasteiger partial charge in [-0.25, -0.2) is 0 Å². The van der Waals surface area contributed by atoms with E-state index in [0.29, 0.717) is 12.1 Å². The number of nitrogens with one attached hydrogen (secondary N) is 1. The normalized spacial score (nSPS) is 20.2. The number of fused-ring (bicyclic) bond motifs is 1. The molecule has 0 bridgehead atoms. The molecule has 0 aromatic carbocycles. The molecule has 1 aromatic heterocycles. The number of hydrogen-bond donors (Lipinski definition) is 1. The molecule has 4 heteroatoms. The van der Waals surface area contributed by atoms with Gasteiger partial charge in [0.15, 0.2) is 0 Å². The molecule has 0 saturated heterocycles. The maximum absolute atomic E-state index is 13.1. The fourth-order valence-corrected chi connectivity index (χ4v) is 1.35. The molecule has 1 aliphatic rings. The van der Waals surface area contributed by atoms with Gasteiger partial charge in [-0.1, -0.05) is 6.07 Å². The molecule has 0 aliphatic carbocycles. The minimum absolute atomic E-state index is 0.0799. The third-order valence-corrected chi connectivity index (χ3v) is 1.90. The van der Waals surface area contributed by atoms with Gasteiger partial charge in [-0.15, -0.1) is 0 Å². The zero-order chi connectivity index (χ0) is 8.60. The third-order valence-electron chi connectivity index (χ3n) is 1.90. The van der Waals surface area contributed by atoms with Crippen LogP contribution in [-0.2, 0) is 12.5 Å². The summed E-state index contributed by atoms with van der Waals surface area (Å²) in [5.74, 6) is -2.81. The summed E-state index contributed by atoms with van der Waals surface area (Å²) in [7, 11) is 0. The first-order valence-electron chi connectivity index (χ1n) is 3.73. The Bertz CT molecular complexity index is 299. The van der Waals surface area contributed by atoms with Crippen molar-refractivity contribution in [2.75, 3.05) is 6.54 Å². The zero-order valence-electron chi connectivity index (χ0n) is 6.35. The summed E-state index contributed by atoms with van der Waals surface area (Å²) in [5, 5.41) is 2.64. The predicted octanol–water partition coefficient (Wildman–Crippen LogP) is 1.28. The molecule has 0 amide bonds. The summed E-state index contributed by atoms with van der Waals surface area (Å²) in [6.07, 6.45) is 1.40. The Labute approximate surface area is 68.6 Å². The van der Waals surface area contributed by atoms with Crippen LogP contribution in [0.1, 0.15) is 11.3 Å². The highest BCUT2D eigenvalue weighted by atomic mass is 19.3. The van der Waals surface area contributed by atoms with Crippen LogP contribution < -0.4 is 5.32 Å². The van der Waals surface area contributed by atoms with Crippen LogP contribution in [0.4, 0.5) is 8.78 Å². The van der Waals surface area contributed by atoms with E-state index in [9.17, 15) is 8.78 Å². The fourth-order valence-electron chi connectivity index (χ4n) is 1.35. The molecule has 0 saturated carbocycles. The molecule has 2 nitrogen and oxygen atoms in total. The SMILES string of the molecule is FC1(F)CNCc2cccnc21. The molecule has 0 radical (unpaired) electrons. The first kappa shape index (κ1) is 7.61. The van der Waals surface area contributed by atoms with Crippen molar-refractivity contribution in [3.05, 3.63) is 29.6 Å². The molecule has 0 spiro atoms. The molecule has 0 atom stereocenters. The summed E-state index contributed by atoms with van der Waals surface area (Å²) in [4.78, 5) is 3.68. The fraction of sp³-hybridized carbons (Fsp3) is 0.375. The summed E-state index contributed by atoms with van der Waals surface area (Å²) in [5.41, 5.74) is 0.512. The van der Waals surface area contributed by atoms with Gasteiger partial charge < -0.3 is 5.32 Å². The first-order valence-corrected chi connectivity index (χ1v) is 3.73. The van der Waals surface area contributed by atoms with Gasteiger partial charge in [-0.2, -0.15) is 8.78 Å². The lowest BCUT2D eigenvalue weighted by molar-refractivity contribution is -0.0154. The van der Waals surface area contributed by atoms with E-state index < -0.39 is 5.92 Å². The smallest absolute Gasteiger partial charge is 0.302 e. The lowest BCUT2D eigenvalue weighted by Gasteiger charge is -2.24. The summed E-state index contributed by atoms with van der Waals surface area (Å²) < 4.78 is 26.1. The maximum Gasteiger partial charge on any atom is 0.302 e. The van der Waals surface area contributed by atoms with Crippen molar-refractivity contribution in [2.45, 2.75) is 12.5 Å². The van der Waals surface area contributed by atoms with E-state index in [1.165, 1.54) is 6.20 Å². The minimum atomic E-state index is -2.81. The Kier molecular flexibility index (Phi) is 1.58. The van der Waals surface area contributed by atoms with E-state index in [-0.39, 0.29) is 12.2 Å².